The molecule has 0 bridgehead atoms. The van der Waals surface area contributed by atoms with Crippen molar-refractivity contribution in [2.24, 2.45) is 5.73 Å². The van der Waals surface area contributed by atoms with Crippen LogP contribution >= 0.6 is 15.9 Å². The molecule has 8 heteroatoms. The molecular formula is C12H15BrN2O5. The van der Waals surface area contributed by atoms with Crippen molar-refractivity contribution in [1.29, 1.82) is 0 Å². The molecule has 0 aliphatic carbocycles. The number of carbonyl (C=O) groups is 1. The SMILES string of the molecule is CCOC(=O)C(N)COc1c(C)cc(Br)cc1[N+](=O)[O-]. The molecule has 0 radical (unpaired) electrons. The van der Waals surface area contributed by atoms with E-state index >= 15 is 0 Å². The van der Waals surface area contributed by atoms with Gasteiger partial charge in [-0.3, -0.25) is 14.9 Å². The average Bonchev–Trinajstić information content (AvgIpc) is 2.36. The summed E-state index contributed by atoms with van der Waals surface area (Å²) in [5, 5.41) is 11.0. The number of nitrogens with two attached hydrogens (primary N) is 1. The number of hydrogen-bond donors (Lipinski definition) is 1. The molecule has 2 N–H and O–H groups in total. The Labute approximate surface area is 124 Å². The lowest BCUT2D eigenvalue weighted by atomic mass is 10.2. The van der Waals surface area contributed by atoms with Crippen LogP contribution in [0.4, 0.5) is 5.69 Å². The number of nitro groups is 1. The second kappa shape index (κ2) is 7.20. The van der Waals surface area contributed by atoms with Gasteiger partial charge in [0.2, 0.25) is 0 Å². The van der Waals surface area contributed by atoms with Gasteiger partial charge in [-0.05, 0) is 25.5 Å². The van der Waals surface area contributed by atoms with Crippen LogP contribution in [0, 0.1) is 17.0 Å². The lowest BCUT2D eigenvalue weighted by Gasteiger charge is -2.14. The van der Waals surface area contributed by atoms with Crippen LogP contribution in [-0.2, 0) is 9.53 Å². The third-order valence-corrected chi connectivity index (χ3v) is 2.87. The van der Waals surface area contributed by atoms with Gasteiger partial charge in [-0.1, -0.05) is 15.9 Å². The number of benzene rings is 1. The van der Waals surface area contributed by atoms with Crippen molar-refractivity contribution in [1.82, 2.24) is 0 Å². The van der Waals surface area contributed by atoms with Gasteiger partial charge in [0.15, 0.2) is 5.75 Å². The van der Waals surface area contributed by atoms with E-state index in [1.54, 1.807) is 19.9 Å². The largest absolute Gasteiger partial charge is 0.484 e. The fourth-order valence-corrected chi connectivity index (χ4v) is 2.09. The highest BCUT2D eigenvalue weighted by atomic mass is 79.9. The Morgan fingerprint density at radius 3 is 2.75 bits per heavy atom. The molecular weight excluding hydrogens is 332 g/mol. The smallest absolute Gasteiger partial charge is 0.326 e. The Bertz CT molecular complexity index is 521. The summed E-state index contributed by atoms with van der Waals surface area (Å²) >= 11 is 3.18. The van der Waals surface area contributed by atoms with Crippen LogP contribution in [0.5, 0.6) is 5.75 Å². The predicted octanol–water partition coefficient (Wildman–Crippen LogP) is 1.93. The summed E-state index contributed by atoms with van der Waals surface area (Å²) in [6, 6.07) is 2.02. The minimum absolute atomic E-state index is 0.0953. The number of nitro benzene ring substituents is 1. The van der Waals surface area contributed by atoms with Crippen molar-refractivity contribution < 1.29 is 19.2 Å². The zero-order chi connectivity index (χ0) is 15.3. The van der Waals surface area contributed by atoms with Crippen LogP contribution in [0.15, 0.2) is 16.6 Å². The van der Waals surface area contributed by atoms with Crippen molar-refractivity contribution in [2.45, 2.75) is 19.9 Å². The summed E-state index contributed by atoms with van der Waals surface area (Å²) in [4.78, 5) is 21.8. The van der Waals surface area contributed by atoms with E-state index in [0.29, 0.717) is 10.0 Å². The first-order valence-corrected chi connectivity index (χ1v) is 6.65. The fraction of sp³-hybridized carbons (Fsp3) is 0.417. The zero-order valence-corrected chi connectivity index (χ0v) is 12.7. The minimum atomic E-state index is -0.988. The molecule has 20 heavy (non-hydrogen) atoms. The highest BCUT2D eigenvalue weighted by Crippen LogP contribution is 2.34. The minimum Gasteiger partial charge on any atom is -0.484 e. The Kier molecular flexibility index (Phi) is 5.90. The molecule has 1 aromatic rings. The van der Waals surface area contributed by atoms with Crippen LogP contribution in [-0.4, -0.2) is 30.1 Å². The molecule has 0 saturated heterocycles. The van der Waals surface area contributed by atoms with Gasteiger partial charge in [0.05, 0.1) is 11.5 Å². The first kappa shape index (κ1) is 16.4. The van der Waals surface area contributed by atoms with E-state index in [-0.39, 0.29) is 24.7 Å². The van der Waals surface area contributed by atoms with Gasteiger partial charge < -0.3 is 15.2 Å². The normalized spacial score (nSPS) is 11.8. The van der Waals surface area contributed by atoms with Crippen molar-refractivity contribution in [3.8, 4) is 5.75 Å². The topological polar surface area (TPSA) is 105 Å². The number of ether oxygens (including phenoxy) is 2. The molecule has 0 fully saturated rings. The first-order valence-electron chi connectivity index (χ1n) is 5.86. The van der Waals surface area contributed by atoms with Crippen LogP contribution in [0.1, 0.15) is 12.5 Å². The Morgan fingerprint density at radius 2 is 2.20 bits per heavy atom. The number of rotatable bonds is 6. The van der Waals surface area contributed by atoms with Gasteiger partial charge in [0.25, 0.3) is 0 Å². The standard InChI is InChI=1S/C12H15BrN2O5/c1-3-19-12(16)9(14)6-20-11-7(2)4-8(13)5-10(11)15(17)18/h4-5,9H,3,6,14H2,1-2H3. The number of esters is 1. The quantitative estimate of drug-likeness (QED) is 0.479. The van der Waals surface area contributed by atoms with Gasteiger partial charge in [-0.25, -0.2) is 0 Å². The summed E-state index contributed by atoms with van der Waals surface area (Å²) in [5.74, 6) is -0.511. The fourth-order valence-electron chi connectivity index (χ4n) is 1.53. The van der Waals surface area contributed by atoms with Crippen molar-refractivity contribution >= 4 is 27.6 Å². The first-order chi connectivity index (χ1) is 9.36. The maximum atomic E-state index is 11.4. The van der Waals surface area contributed by atoms with E-state index in [2.05, 4.69) is 15.9 Å². The second-order valence-corrected chi connectivity index (χ2v) is 4.91. The van der Waals surface area contributed by atoms with E-state index in [4.69, 9.17) is 15.2 Å². The molecule has 110 valence electrons. The van der Waals surface area contributed by atoms with Crippen molar-refractivity contribution in [3.05, 3.63) is 32.3 Å². The number of carbonyl (C=O) groups excluding carboxylic acids is 1. The molecule has 0 aliphatic rings. The number of aryl methyl sites for hydroxylation is 1. The molecule has 1 rings (SSSR count). The molecule has 0 aliphatic heterocycles. The Morgan fingerprint density at radius 1 is 1.55 bits per heavy atom. The summed E-state index contributed by atoms with van der Waals surface area (Å²) < 4.78 is 10.6. The molecule has 0 aromatic heterocycles. The predicted molar refractivity (Wildman–Crippen MR) is 75.6 cm³/mol. The van der Waals surface area contributed by atoms with E-state index in [0.717, 1.165) is 0 Å². The lowest BCUT2D eigenvalue weighted by Crippen LogP contribution is -2.38. The summed E-state index contributed by atoms with van der Waals surface area (Å²) in [7, 11) is 0. The van der Waals surface area contributed by atoms with Gasteiger partial charge >= 0.3 is 11.7 Å². The zero-order valence-electron chi connectivity index (χ0n) is 11.1. The van der Waals surface area contributed by atoms with E-state index in [9.17, 15) is 14.9 Å². The second-order valence-electron chi connectivity index (χ2n) is 4.00. The Hall–Kier alpha value is -1.67. The number of nitrogens with zero attached hydrogens (tertiary/aromatic N) is 1. The molecule has 0 saturated carbocycles. The molecule has 1 atom stereocenters. The average molecular weight is 347 g/mol. The van der Waals surface area contributed by atoms with E-state index in [1.165, 1.54) is 6.07 Å². The van der Waals surface area contributed by atoms with E-state index < -0.39 is 16.9 Å². The summed E-state index contributed by atoms with van der Waals surface area (Å²) in [5.41, 5.74) is 5.96. The number of halogens is 1. The van der Waals surface area contributed by atoms with Crippen LogP contribution in [0.2, 0.25) is 0 Å². The van der Waals surface area contributed by atoms with Crippen LogP contribution in [0.3, 0.4) is 0 Å². The van der Waals surface area contributed by atoms with Gasteiger partial charge in [-0.2, -0.15) is 0 Å². The van der Waals surface area contributed by atoms with Crippen molar-refractivity contribution in [2.75, 3.05) is 13.2 Å². The summed E-state index contributed by atoms with van der Waals surface area (Å²) in [6.07, 6.45) is 0. The third kappa shape index (κ3) is 4.17. The monoisotopic (exact) mass is 346 g/mol. The van der Waals surface area contributed by atoms with E-state index in [1.807, 2.05) is 0 Å². The highest BCUT2D eigenvalue weighted by molar-refractivity contribution is 9.10. The Balaban J connectivity index is 2.87. The molecule has 1 unspecified atom stereocenters. The molecule has 7 nitrogen and oxygen atoms in total. The van der Waals surface area contributed by atoms with Crippen LogP contribution < -0.4 is 10.5 Å². The number of hydrogen-bond acceptors (Lipinski definition) is 6. The molecule has 1 aromatic carbocycles. The van der Waals surface area contributed by atoms with Crippen molar-refractivity contribution in [3.63, 3.8) is 0 Å². The van der Waals surface area contributed by atoms with Gasteiger partial charge in [0, 0.05) is 10.5 Å². The van der Waals surface area contributed by atoms with Gasteiger partial charge in [-0.15, -0.1) is 0 Å². The molecule has 0 amide bonds. The maximum Gasteiger partial charge on any atom is 0.326 e. The molecule has 0 spiro atoms. The molecule has 0 heterocycles. The third-order valence-electron chi connectivity index (χ3n) is 2.41. The maximum absolute atomic E-state index is 11.4. The van der Waals surface area contributed by atoms with Gasteiger partial charge in [0.1, 0.15) is 12.6 Å². The summed E-state index contributed by atoms with van der Waals surface area (Å²) in [6.45, 7) is 3.35. The highest BCUT2D eigenvalue weighted by Gasteiger charge is 2.22. The lowest BCUT2D eigenvalue weighted by molar-refractivity contribution is -0.386. The van der Waals surface area contributed by atoms with Crippen LogP contribution in [0.25, 0.3) is 0 Å².